The summed E-state index contributed by atoms with van der Waals surface area (Å²) in [4.78, 5) is 27.5. The van der Waals surface area contributed by atoms with E-state index in [4.69, 9.17) is 9.72 Å². The van der Waals surface area contributed by atoms with E-state index in [0.29, 0.717) is 23.7 Å². The molecular formula is C35H27N5O3. The Labute approximate surface area is 249 Å². The molecule has 8 heteroatoms. The molecule has 0 aliphatic carbocycles. The first-order valence-corrected chi connectivity index (χ1v) is 13.8. The van der Waals surface area contributed by atoms with Gasteiger partial charge in [-0.1, -0.05) is 48.5 Å². The highest BCUT2D eigenvalue weighted by Gasteiger charge is 2.24. The van der Waals surface area contributed by atoms with Crippen LogP contribution in [0.5, 0.6) is 5.75 Å². The van der Waals surface area contributed by atoms with Crippen LogP contribution in [-0.4, -0.2) is 26.5 Å². The normalized spacial score (nSPS) is 10.7. The molecule has 0 aliphatic rings. The first-order valence-electron chi connectivity index (χ1n) is 13.8. The van der Waals surface area contributed by atoms with Crippen LogP contribution < -0.4 is 9.64 Å². The number of rotatable bonds is 9. The highest BCUT2D eigenvalue weighted by atomic mass is 16.6. The zero-order valence-electron chi connectivity index (χ0n) is 23.4. The summed E-state index contributed by atoms with van der Waals surface area (Å²) in [6.45, 7) is 2.37. The van der Waals surface area contributed by atoms with Gasteiger partial charge in [0.2, 0.25) is 0 Å². The molecule has 3 aromatic heterocycles. The molecule has 3 aromatic carbocycles. The molecule has 8 nitrogen and oxygen atoms in total. The Balaban J connectivity index is 1.48. The van der Waals surface area contributed by atoms with Gasteiger partial charge >= 0.3 is 0 Å². The van der Waals surface area contributed by atoms with Crippen molar-refractivity contribution in [3.05, 3.63) is 144 Å². The summed E-state index contributed by atoms with van der Waals surface area (Å²) < 4.78 is 5.93. The number of anilines is 3. The van der Waals surface area contributed by atoms with Gasteiger partial charge in [0.05, 0.1) is 40.0 Å². The maximum Gasteiger partial charge on any atom is 0.293 e. The molecule has 43 heavy (non-hydrogen) atoms. The second-order valence-corrected chi connectivity index (χ2v) is 9.59. The van der Waals surface area contributed by atoms with Gasteiger partial charge in [-0.25, -0.2) is 4.98 Å². The summed E-state index contributed by atoms with van der Waals surface area (Å²) in [6.07, 6.45) is 3.49. The van der Waals surface area contributed by atoms with Crippen molar-refractivity contribution in [3.8, 4) is 39.7 Å². The average molecular weight is 566 g/mol. The lowest BCUT2D eigenvalue weighted by molar-refractivity contribution is -0.384. The van der Waals surface area contributed by atoms with Crippen LogP contribution in [0.1, 0.15) is 6.92 Å². The Bertz CT molecular complexity index is 1810. The molecule has 0 saturated carbocycles. The molecule has 0 spiro atoms. The summed E-state index contributed by atoms with van der Waals surface area (Å²) in [5, 5.41) is 12.1. The van der Waals surface area contributed by atoms with Crippen molar-refractivity contribution in [2.75, 3.05) is 11.5 Å². The Kier molecular flexibility index (Phi) is 7.82. The minimum absolute atomic E-state index is 0.00739. The number of nitro groups is 1. The van der Waals surface area contributed by atoms with Gasteiger partial charge in [-0.3, -0.25) is 20.1 Å². The maximum absolute atomic E-state index is 12.1. The number of nitrogens with zero attached hydrogens (tertiary/aromatic N) is 5. The molecule has 0 bridgehead atoms. The van der Waals surface area contributed by atoms with Gasteiger partial charge in [0.25, 0.3) is 5.69 Å². The fourth-order valence-corrected chi connectivity index (χ4v) is 4.93. The molecule has 210 valence electrons. The maximum atomic E-state index is 12.1. The van der Waals surface area contributed by atoms with Crippen LogP contribution >= 0.6 is 0 Å². The van der Waals surface area contributed by atoms with Gasteiger partial charge in [0.15, 0.2) is 0 Å². The van der Waals surface area contributed by atoms with E-state index in [2.05, 4.69) is 9.97 Å². The Hall–Kier alpha value is -5.89. The minimum atomic E-state index is -0.366. The van der Waals surface area contributed by atoms with E-state index < -0.39 is 0 Å². The van der Waals surface area contributed by atoms with E-state index in [9.17, 15) is 10.1 Å². The van der Waals surface area contributed by atoms with Crippen LogP contribution in [0.3, 0.4) is 0 Å². The minimum Gasteiger partial charge on any atom is -0.492 e. The summed E-state index contributed by atoms with van der Waals surface area (Å²) in [7, 11) is 0. The van der Waals surface area contributed by atoms with Crippen LogP contribution in [0, 0.1) is 10.1 Å². The number of ether oxygens (including phenoxy) is 1. The molecule has 0 fully saturated rings. The molecule has 0 radical (unpaired) electrons. The van der Waals surface area contributed by atoms with Crippen molar-refractivity contribution in [3.63, 3.8) is 0 Å². The Morgan fingerprint density at radius 2 is 1.26 bits per heavy atom. The van der Waals surface area contributed by atoms with Crippen LogP contribution in [0.15, 0.2) is 134 Å². The smallest absolute Gasteiger partial charge is 0.293 e. The van der Waals surface area contributed by atoms with Crippen LogP contribution in [0.25, 0.3) is 33.9 Å². The lowest BCUT2D eigenvalue weighted by Gasteiger charge is -2.27. The highest BCUT2D eigenvalue weighted by molar-refractivity contribution is 5.85. The lowest BCUT2D eigenvalue weighted by atomic mass is 10.0. The number of benzene rings is 3. The van der Waals surface area contributed by atoms with E-state index in [-0.39, 0.29) is 10.6 Å². The van der Waals surface area contributed by atoms with E-state index in [0.717, 1.165) is 39.6 Å². The van der Waals surface area contributed by atoms with E-state index in [1.165, 1.54) is 6.07 Å². The topological polar surface area (TPSA) is 94.3 Å². The van der Waals surface area contributed by atoms with Gasteiger partial charge < -0.3 is 9.64 Å². The molecule has 0 amide bonds. The predicted molar refractivity (Wildman–Crippen MR) is 169 cm³/mol. The number of pyridine rings is 3. The summed E-state index contributed by atoms with van der Waals surface area (Å²) in [6, 6.07) is 37.7. The van der Waals surface area contributed by atoms with Gasteiger partial charge in [-0.05, 0) is 84.8 Å². The molecule has 6 aromatic rings. The molecule has 0 N–H and O–H groups in total. The van der Waals surface area contributed by atoms with Crippen LogP contribution in [0.2, 0.25) is 0 Å². The lowest BCUT2D eigenvalue weighted by Crippen LogP contribution is -2.13. The third kappa shape index (κ3) is 5.80. The fourth-order valence-electron chi connectivity index (χ4n) is 4.93. The van der Waals surface area contributed by atoms with Crippen LogP contribution in [-0.2, 0) is 0 Å². The van der Waals surface area contributed by atoms with E-state index in [1.807, 2.05) is 109 Å². The van der Waals surface area contributed by atoms with Gasteiger partial charge in [0.1, 0.15) is 11.4 Å². The van der Waals surface area contributed by atoms with E-state index >= 15 is 0 Å². The van der Waals surface area contributed by atoms with Crippen molar-refractivity contribution in [1.82, 2.24) is 15.0 Å². The SMILES string of the molecule is CCOc1ccccc1N(c1ccc(-c2cc(-c3ccccn3)nc(-c3ccccn3)c2)cc1)c1ccccc1[N+](=O)[O-]. The number of hydrogen-bond donors (Lipinski definition) is 0. The standard InChI is InChI=1S/C35H27N5O3/c1-2-43-35-16-6-5-15-34(35)39(32-13-3-4-14-33(32)40(41)42)27-19-17-25(18-20-27)26-23-30(28-11-7-9-21-36-28)38-31(24-26)29-12-8-10-22-37-29/h3-24H,2H2,1H3. The van der Waals surface area contributed by atoms with Crippen molar-refractivity contribution in [2.45, 2.75) is 6.92 Å². The fraction of sp³-hybridized carbons (Fsp3) is 0.0571. The van der Waals surface area contributed by atoms with E-state index in [1.54, 1.807) is 30.6 Å². The second kappa shape index (κ2) is 12.3. The largest absolute Gasteiger partial charge is 0.492 e. The number of hydrogen-bond acceptors (Lipinski definition) is 7. The highest BCUT2D eigenvalue weighted by Crippen LogP contribution is 2.44. The number of aromatic nitrogens is 3. The first kappa shape index (κ1) is 27.3. The molecular weight excluding hydrogens is 538 g/mol. The average Bonchev–Trinajstić information content (AvgIpc) is 3.07. The first-order chi connectivity index (χ1) is 21.1. The van der Waals surface area contributed by atoms with Crippen molar-refractivity contribution >= 4 is 22.7 Å². The number of nitro benzene ring substituents is 1. The summed E-state index contributed by atoms with van der Waals surface area (Å²) in [5.41, 5.74) is 6.74. The third-order valence-electron chi connectivity index (χ3n) is 6.86. The van der Waals surface area contributed by atoms with Gasteiger partial charge in [0, 0.05) is 24.1 Å². The third-order valence-corrected chi connectivity index (χ3v) is 6.86. The summed E-state index contributed by atoms with van der Waals surface area (Å²) >= 11 is 0. The molecule has 0 unspecified atom stereocenters. The Morgan fingerprint density at radius 3 is 1.84 bits per heavy atom. The van der Waals surface area contributed by atoms with Crippen molar-refractivity contribution < 1.29 is 9.66 Å². The number of para-hydroxylation sites is 4. The van der Waals surface area contributed by atoms with Gasteiger partial charge in [-0.2, -0.15) is 0 Å². The summed E-state index contributed by atoms with van der Waals surface area (Å²) in [5.74, 6) is 0.626. The van der Waals surface area contributed by atoms with Crippen LogP contribution in [0.4, 0.5) is 22.7 Å². The molecule has 0 atom stereocenters. The zero-order chi connectivity index (χ0) is 29.6. The molecule has 0 aliphatic heterocycles. The van der Waals surface area contributed by atoms with Gasteiger partial charge in [-0.15, -0.1) is 0 Å². The predicted octanol–water partition coefficient (Wildman–Crippen LogP) is 8.65. The monoisotopic (exact) mass is 565 g/mol. The molecule has 6 rings (SSSR count). The zero-order valence-corrected chi connectivity index (χ0v) is 23.4. The molecule has 0 saturated heterocycles. The molecule has 3 heterocycles. The van der Waals surface area contributed by atoms with Crippen molar-refractivity contribution in [2.24, 2.45) is 0 Å². The van der Waals surface area contributed by atoms with Crippen molar-refractivity contribution in [1.29, 1.82) is 0 Å². The quantitative estimate of drug-likeness (QED) is 0.128. The second-order valence-electron chi connectivity index (χ2n) is 9.59. The Morgan fingerprint density at radius 1 is 0.674 bits per heavy atom.